The molecule has 2 aliphatic heterocycles. The summed E-state index contributed by atoms with van der Waals surface area (Å²) in [5, 5.41) is 3.33. The summed E-state index contributed by atoms with van der Waals surface area (Å²) in [6, 6.07) is 0.316. The van der Waals surface area contributed by atoms with Crippen LogP contribution >= 0.6 is 0 Å². The van der Waals surface area contributed by atoms with Gasteiger partial charge in [0.2, 0.25) is 11.8 Å². The van der Waals surface area contributed by atoms with Crippen LogP contribution in [0.3, 0.4) is 0 Å². The van der Waals surface area contributed by atoms with Gasteiger partial charge in [0.25, 0.3) is 0 Å². The first-order valence-electron chi connectivity index (χ1n) is 8.96. The zero-order chi connectivity index (χ0) is 16.8. The maximum atomic E-state index is 12.8. The van der Waals surface area contributed by atoms with Gasteiger partial charge in [0.05, 0.1) is 0 Å². The monoisotopic (exact) mass is 324 g/mol. The highest BCUT2D eigenvalue weighted by Gasteiger charge is 2.30. The number of nitrogens with zero attached hydrogens (tertiary/aromatic N) is 3. The number of carbonyl (C=O) groups excluding carboxylic acids is 2. The van der Waals surface area contributed by atoms with Crippen molar-refractivity contribution in [2.45, 2.75) is 38.6 Å². The van der Waals surface area contributed by atoms with Crippen LogP contribution in [-0.2, 0) is 9.59 Å². The van der Waals surface area contributed by atoms with Crippen molar-refractivity contribution in [2.75, 3.05) is 53.4 Å². The molecular weight excluding hydrogens is 292 g/mol. The molecule has 0 aromatic heterocycles. The molecule has 2 saturated heterocycles. The van der Waals surface area contributed by atoms with Gasteiger partial charge in [-0.2, -0.15) is 0 Å². The zero-order valence-corrected chi connectivity index (χ0v) is 14.9. The molecule has 2 fully saturated rings. The fourth-order valence-corrected chi connectivity index (χ4v) is 3.46. The highest BCUT2D eigenvalue weighted by molar-refractivity contribution is 5.86. The lowest BCUT2D eigenvalue weighted by Gasteiger charge is -2.35. The van der Waals surface area contributed by atoms with Crippen LogP contribution in [0.25, 0.3) is 0 Å². The molecule has 0 aromatic rings. The summed E-state index contributed by atoms with van der Waals surface area (Å²) in [7, 11) is 3.98. The Bertz CT molecular complexity index is 401. The molecule has 6 heteroatoms. The second-order valence-corrected chi connectivity index (χ2v) is 6.92. The van der Waals surface area contributed by atoms with Crippen molar-refractivity contribution < 1.29 is 9.59 Å². The summed E-state index contributed by atoms with van der Waals surface area (Å²) in [5.41, 5.74) is 0. The Morgan fingerprint density at radius 1 is 1.17 bits per heavy atom. The standard InChI is InChI=1S/C17H32N4O2/c1-4-14(13-16(22)21-11-9-19(2)10-12-21)17(23)20(3)15-5-7-18-8-6-15/h14-15,18H,4-13H2,1-3H3. The number of piperidine rings is 1. The van der Waals surface area contributed by atoms with Gasteiger partial charge < -0.3 is 20.0 Å². The molecule has 2 amide bonds. The van der Waals surface area contributed by atoms with Gasteiger partial charge in [0.1, 0.15) is 0 Å². The van der Waals surface area contributed by atoms with Crippen molar-refractivity contribution in [1.29, 1.82) is 0 Å². The van der Waals surface area contributed by atoms with Gasteiger partial charge in [-0.3, -0.25) is 9.59 Å². The number of rotatable bonds is 5. The second-order valence-electron chi connectivity index (χ2n) is 6.92. The minimum Gasteiger partial charge on any atom is -0.342 e. The molecule has 0 aromatic carbocycles. The predicted molar refractivity (Wildman–Crippen MR) is 91.1 cm³/mol. The molecule has 6 nitrogen and oxygen atoms in total. The van der Waals surface area contributed by atoms with E-state index in [-0.39, 0.29) is 17.7 Å². The molecule has 132 valence electrons. The van der Waals surface area contributed by atoms with Crippen LogP contribution < -0.4 is 5.32 Å². The Labute approximate surface area is 140 Å². The number of piperazine rings is 1. The summed E-state index contributed by atoms with van der Waals surface area (Å²) in [6.45, 7) is 7.36. The van der Waals surface area contributed by atoms with Crippen LogP contribution in [0.4, 0.5) is 0 Å². The van der Waals surface area contributed by atoms with Crippen molar-refractivity contribution in [3.8, 4) is 0 Å². The fourth-order valence-electron chi connectivity index (χ4n) is 3.46. The Morgan fingerprint density at radius 2 is 1.78 bits per heavy atom. The van der Waals surface area contributed by atoms with E-state index in [1.807, 2.05) is 23.8 Å². The van der Waals surface area contributed by atoms with E-state index in [4.69, 9.17) is 0 Å². The summed E-state index contributed by atoms with van der Waals surface area (Å²) >= 11 is 0. The highest BCUT2D eigenvalue weighted by atomic mass is 16.2. The van der Waals surface area contributed by atoms with Gasteiger partial charge in [0, 0.05) is 51.6 Å². The molecule has 0 bridgehead atoms. The SMILES string of the molecule is CCC(CC(=O)N1CCN(C)CC1)C(=O)N(C)C1CCNCC1. The first-order valence-corrected chi connectivity index (χ1v) is 8.96. The second kappa shape index (κ2) is 8.64. The molecule has 1 atom stereocenters. The van der Waals surface area contributed by atoms with E-state index in [1.165, 1.54) is 0 Å². The lowest BCUT2D eigenvalue weighted by atomic mass is 9.97. The van der Waals surface area contributed by atoms with E-state index in [0.29, 0.717) is 12.5 Å². The number of hydrogen-bond acceptors (Lipinski definition) is 4. The Morgan fingerprint density at radius 3 is 2.35 bits per heavy atom. The molecule has 23 heavy (non-hydrogen) atoms. The normalized spacial score (nSPS) is 22.0. The third kappa shape index (κ3) is 4.91. The topological polar surface area (TPSA) is 55.9 Å². The molecular formula is C17H32N4O2. The van der Waals surface area contributed by atoms with E-state index >= 15 is 0 Å². The highest BCUT2D eigenvalue weighted by Crippen LogP contribution is 2.19. The number of likely N-dealkylation sites (N-methyl/N-ethyl adjacent to an activating group) is 1. The summed E-state index contributed by atoms with van der Waals surface area (Å²) in [4.78, 5) is 31.3. The van der Waals surface area contributed by atoms with Crippen LogP contribution in [-0.4, -0.2) is 85.9 Å². The number of amides is 2. The van der Waals surface area contributed by atoms with E-state index < -0.39 is 0 Å². The Balaban J connectivity index is 1.87. The van der Waals surface area contributed by atoms with Crippen LogP contribution in [0.2, 0.25) is 0 Å². The van der Waals surface area contributed by atoms with Gasteiger partial charge in [-0.1, -0.05) is 6.92 Å². The zero-order valence-electron chi connectivity index (χ0n) is 14.9. The first kappa shape index (κ1) is 18.2. The lowest BCUT2D eigenvalue weighted by Crippen LogP contribution is -2.49. The maximum Gasteiger partial charge on any atom is 0.226 e. The Hall–Kier alpha value is -1.14. The van der Waals surface area contributed by atoms with Crippen molar-refractivity contribution in [3.63, 3.8) is 0 Å². The molecule has 0 aliphatic carbocycles. The molecule has 2 aliphatic rings. The van der Waals surface area contributed by atoms with Gasteiger partial charge in [0.15, 0.2) is 0 Å². The first-order chi connectivity index (χ1) is 11.0. The van der Waals surface area contributed by atoms with Gasteiger partial charge in [-0.15, -0.1) is 0 Å². The molecule has 0 spiro atoms. The van der Waals surface area contributed by atoms with E-state index in [0.717, 1.165) is 58.5 Å². The quantitative estimate of drug-likeness (QED) is 0.795. The summed E-state index contributed by atoms with van der Waals surface area (Å²) < 4.78 is 0. The fraction of sp³-hybridized carbons (Fsp3) is 0.882. The van der Waals surface area contributed by atoms with Crippen LogP contribution in [0.15, 0.2) is 0 Å². The lowest BCUT2D eigenvalue weighted by molar-refractivity contribution is -0.143. The van der Waals surface area contributed by atoms with Crippen LogP contribution in [0.1, 0.15) is 32.6 Å². The molecule has 2 heterocycles. The summed E-state index contributed by atoms with van der Waals surface area (Å²) in [5.74, 6) is 0.0981. The smallest absolute Gasteiger partial charge is 0.226 e. The van der Waals surface area contributed by atoms with Gasteiger partial charge in [-0.05, 0) is 39.4 Å². The van der Waals surface area contributed by atoms with Gasteiger partial charge >= 0.3 is 0 Å². The van der Waals surface area contributed by atoms with Crippen molar-refractivity contribution >= 4 is 11.8 Å². The third-order valence-electron chi connectivity index (χ3n) is 5.32. The summed E-state index contributed by atoms with van der Waals surface area (Å²) in [6.07, 6.45) is 3.10. The third-order valence-corrected chi connectivity index (χ3v) is 5.32. The van der Waals surface area contributed by atoms with E-state index in [9.17, 15) is 9.59 Å². The minimum absolute atomic E-state index is 0.136. The number of hydrogen-bond donors (Lipinski definition) is 1. The molecule has 2 rings (SSSR count). The maximum absolute atomic E-state index is 12.8. The minimum atomic E-state index is -0.179. The molecule has 1 N–H and O–H groups in total. The molecule has 1 unspecified atom stereocenters. The molecule has 0 radical (unpaired) electrons. The van der Waals surface area contributed by atoms with Crippen molar-refractivity contribution in [2.24, 2.45) is 5.92 Å². The largest absolute Gasteiger partial charge is 0.342 e. The average molecular weight is 324 g/mol. The average Bonchev–Trinajstić information content (AvgIpc) is 2.59. The number of carbonyl (C=O) groups is 2. The van der Waals surface area contributed by atoms with E-state index in [2.05, 4.69) is 17.3 Å². The van der Waals surface area contributed by atoms with Crippen LogP contribution in [0, 0.1) is 5.92 Å². The predicted octanol–water partition coefficient (Wildman–Crippen LogP) is 0.387. The van der Waals surface area contributed by atoms with Crippen molar-refractivity contribution in [3.05, 3.63) is 0 Å². The van der Waals surface area contributed by atoms with Gasteiger partial charge in [-0.25, -0.2) is 0 Å². The van der Waals surface area contributed by atoms with E-state index in [1.54, 1.807) is 0 Å². The Kier molecular flexibility index (Phi) is 6.84. The number of nitrogens with one attached hydrogen (secondary N) is 1. The van der Waals surface area contributed by atoms with Crippen LogP contribution in [0.5, 0.6) is 0 Å². The van der Waals surface area contributed by atoms with Crippen molar-refractivity contribution in [1.82, 2.24) is 20.0 Å². The molecule has 0 saturated carbocycles.